The van der Waals surface area contributed by atoms with Gasteiger partial charge in [-0.2, -0.15) is 0 Å². The number of rotatable bonds is 4. The molecule has 0 saturated heterocycles. The van der Waals surface area contributed by atoms with Gasteiger partial charge < -0.3 is 14.7 Å². The van der Waals surface area contributed by atoms with E-state index in [0.717, 1.165) is 0 Å². The summed E-state index contributed by atoms with van der Waals surface area (Å²) in [4.78, 5) is 12.4. The van der Waals surface area contributed by atoms with Crippen LogP contribution in [0.5, 0.6) is 0 Å². The lowest BCUT2D eigenvalue weighted by molar-refractivity contribution is -0.430. The van der Waals surface area contributed by atoms with Crippen molar-refractivity contribution in [1.82, 2.24) is 0 Å². The standard InChI is InChI=1S/C10H10N2O4/c1-15-10(16-2)9(13)7-4-3-6-5-8(7)11-12(6)14/h3-5,10H,1-2H3. The van der Waals surface area contributed by atoms with Gasteiger partial charge in [-0.1, -0.05) is 4.86 Å². The van der Waals surface area contributed by atoms with E-state index in [4.69, 9.17) is 9.47 Å². The number of hydrogen-bond donors (Lipinski definition) is 0. The van der Waals surface area contributed by atoms with Crippen molar-refractivity contribution in [2.45, 2.75) is 6.29 Å². The third kappa shape index (κ3) is 1.58. The second-order valence-corrected chi connectivity index (χ2v) is 3.24. The van der Waals surface area contributed by atoms with E-state index in [9.17, 15) is 10.0 Å². The summed E-state index contributed by atoms with van der Waals surface area (Å²) < 4.78 is 9.71. The van der Waals surface area contributed by atoms with Gasteiger partial charge in [0.1, 0.15) is 5.69 Å². The molecule has 1 aromatic rings. The van der Waals surface area contributed by atoms with Gasteiger partial charge in [-0.05, 0) is 6.07 Å². The van der Waals surface area contributed by atoms with Crippen LogP contribution in [0, 0.1) is 5.21 Å². The average Bonchev–Trinajstić information content (AvgIpc) is 2.56. The van der Waals surface area contributed by atoms with Crippen molar-refractivity contribution >= 4 is 17.2 Å². The molecule has 6 heteroatoms. The summed E-state index contributed by atoms with van der Waals surface area (Å²) in [6, 6.07) is 4.62. The Morgan fingerprint density at radius 1 is 1.44 bits per heavy atom. The van der Waals surface area contributed by atoms with Crippen LogP contribution in [0.3, 0.4) is 0 Å². The van der Waals surface area contributed by atoms with Crippen molar-refractivity contribution < 1.29 is 19.1 Å². The number of methoxy groups -OCH3 is 2. The number of azo groups is 1. The first kappa shape index (κ1) is 10.7. The Morgan fingerprint density at radius 2 is 2.12 bits per heavy atom. The summed E-state index contributed by atoms with van der Waals surface area (Å²) >= 11 is 0. The van der Waals surface area contributed by atoms with Crippen molar-refractivity contribution in [2.75, 3.05) is 14.2 Å². The fourth-order valence-corrected chi connectivity index (χ4v) is 1.52. The highest BCUT2D eigenvalue weighted by Gasteiger charge is 2.27. The first-order chi connectivity index (χ1) is 7.67. The smallest absolute Gasteiger partial charge is 0.247 e. The minimum Gasteiger partial charge on any atom is -0.594 e. The van der Waals surface area contributed by atoms with E-state index in [2.05, 4.69) is 5.11 Å². The van der Waals surface area contributed by atoms with Gasteiger partial charge in [0.2, 0.25) is 17.8 Å². The van der Waals surface area contributed by atoms with Gasteiger partial charge in [-0.3, -0.25) is 4.79 Å². The topological polar surface area (TPSA) is 74.0 Å². The lowest BCUT2D eigenvalue weighted by Crippen LogP contribution is -2.24. The number of Topliss-reactive ketones (excluding diaryl/α,β-unsaturated/α-hetero) is 1. The second kappa shape index (κ2) is 3.99. The maximum atomic E-state index is 11.9. The summed E-state index contributed by atoms with van der Waals surface area (Å²) in [5, 5.41) is 14.8. The maximum Gasteiger partial charge on any atom is 0.247 e. The van der Waals surface area contributed by atoms with Crippen molar-refractivity contribution in [3.05, 3.63) is 29.0 Å². The molecular weight excluding hydrogens is 212 g/mol. The predicted octanol–water partition coefficient (Wildman–Crippen LogP) is 1.73. The Morgan fingerprint density at radius 3 is 2.75 bits per heavy atom. The molecular formula is C10H10N2O4. The molecule has 1 heterocycles. The quantitative estimate of drug-likeness (QED) is 0.336. The van der Waals surface area contributed by atoms with E-state index in [1.165, 1.54) is 20.3 Å². The molecule has 0 fully saturated rings. The molecule has 1 aromatic carbocycles. The molecule has 1 aliphatic rings. The normalized spacial score (nSPS) is 13.1. The molecule has 16 heavy (non-hydrogen) atoms. The van der Waals surface area contributed by atoms with Gasteiger partial charge in [0.05, 0.1) is 5.56 Å². The van der Waals surface area contributed by atoms with Crippen LogP contribution in [0.4, 0.5) is 11.4 Å². The van der Waals surface area contributed by atoms with Crippen molar-refractivity contribution in [3.63, 3.8) is 0 Å². The number of nitrogens with zero attached hydrogens (tertiary/aromatic N) is 2. The molecule has 0 amide bonds. The molecule has 0 aromatic heterocycles. The molecule has 84 valence electrons. The number of benzene rings is 1. The van der Waals surface area contributed by atoms with Crippen LogP contribution in [0.2, 0.25) is 0 Å². The maximum absolute atomic E-state index is 11.9. The molecule has 0 aliphatic carbocycles. The van der Waals surface area contributed by atoms with E-state index in [1.54, 1.807) is 12.1 Å². The molecule has 0 spiro atoms. The summed E-state index contributed by atoms with van der Waals surface area (Å²) in [6.45, 7) is 0. The summed E-state index contributed by atoms with van der Waals surface area (Å²) in [5.41, 5.74) is 1.07. The molecule has 0 N–H and O–H groups in total. The van der Waals surface area contributed by atoms with Crippen LogP contribution in [0.15, 0.2) is 23.3 Å². The fourth-order valence-electron chi connectivity index (χ4n) is 1.52. The highest BCUT2D eigenvalue weighted by Crippen LogP contribution is 2.32. The van der Waals surface area contributed by atoms with Gasteiger partial charge >= 0.3 is 0 Å². The third-order valence-corrected chi connectivity index (χ3v) is 2.31. The monoisotopic (exact) mass is 222 g/mol. The third-order valence-electron chi connectivity index (χ3n) is 2.31. The predicted molar refractivity (Wildman–Crippen MR) is 54.0 cm³/mol. The van der Waals surface area contributed by atoms with Crippen molar-refractivity contribution in [1.29, 1.82) is 0 Å². The molecule has 2 rings (SSSR count). The lowest BCUT2D eigenvalue weighted by atomic mass is 10.1. The number of ketones is 1. The number of carbonyl (C=O) groups is 1. The first-order valence-electron chi connectivity index (χ1n) is 4.60. The summed E-state index contributed by atoms with van der Waals surface area (Å²) in [5.74, 6) is -0.356. The Hall–Kier alpha value is -1.79. The van der Waals surface area contributed by atoms with Gasteiger partial charge in [0.15, 0.2) is 0 Å². The number of carbonyl (C=O) groups excluding carboxylic acids is 1. The molecule has 6 nitrogen and oxygen atoms in total. The lowest BCUT2D eigenvalue weighted by Gasteiger charge is -2.11. The van der Waals surface area contributed by atoms with Gasteiger partial charge in [-0.15, -0.1) is 0 Å². The zero-order valence-electron chi connectivity index (χ0n) is 8.84. The van der Waals surface area contributed by atoms with Gasteiger partial charge in [0.25, 0.3) is 0 Å². The van der Waals surface area contributed by atoms with E-state index in [-0.39, 0.29) is 5.78 Å². The zero-order valence-corrected chi connectivity index (χ0v) is 8.84. The molecule has 1 aliphatic heterocycles. The van der Waals surface area contributed by atoms with E-state index < -0.39 is 6.29 Å². The number of hydrogen-bond acceptors (Lipinski definition) is 5. The van der Waals surface area contributed by atoms with Crippen molar-refractivity contribution in [3.8, 4) is 0 Å². The van der Waals surface area contributed by atoms with E-state index >= 15 is 0 Å². The van der Waals surface area contributed by atoms with Crippen LogP contribution in [-0.4, -0.2) is 31.2 Å². The van der Waals surface area contributed by atoms with Crippen LogP contribution in [0.1, 0.15) is 10.4 Å². The second-order valence-electron chi connectivity index (χ2n) is 3.24. The van der Waals surface area contributed by atoms with Gasteiger partial charge in [0, 0.05) is 31.5 Å². The van der Waals surface area contributed by atoms with Crippen LogP contribution >= 0.6 is 0 Å². The van der Waals surface area contributed by atoms with Crippen LogP contribution in [-0.2, 0) is 9.47 Å². The SMILES string of the molecule is COC(OC)C(=O)c1ccc2cc1N=[N+]2[O-]. The zero-order chi connectivity index (χ0) is 11.7. The number of ether oxygens (including phenoxy) is 2. The van der Waals surface area contributed by atoms with Gasteiger partial charge in [-0.25, -0.2) is 0 Å². The summed E-state index contributed by atoms with van der Waals surface area (Å²) in [7, 11) is 2.74. The molecule has 2 bridgehead atoms. The minimum absolute atomic E-state index is 0.316. The van der Waals surface area contributed by atoms with Crippen LogP contribution in [0.25, 0.3) is 0 Å². The minimum atomic E-state index is -0.974. The molecule has 0 unspecified atom stereocenters. The average molecular weight is 222 g/mol. The van der Waals surface area contributed by atoms with E-state index in [0.29, 0.717) is 21.8 Å². The van der Waals surface area contributed by atoms with E-state index in [1.807, 2.05) is 0 Å². The highest BCUT2D eigenvalue weighted by molar-refractivity contribution is 6.03. The Balaban J connectivity index is 2.36. The highest BCUT2D eigenvalue weighted by atomic mass is 16.7. The number of fused-ring (bicyclic) bond motifs is 2. The first-order valence-corrected chi connectivity index (χ1v) is 4.60. The van der Waals surface area contributed by atoms with Crippen LogP contribution < -0.4 is 0 Å². The Bertz CT molecular complexity index is 466. The van der Waals surface area contributed by atoms with Crippen molar-refractivity contribution in [2.24, 2.45) is 5.11 Å². The Kier molecular flexibility index (Phi) is 2.67. The summed E-state index contributed by atoms with van der Waals surface area (Å²) in [6.07, 6.45) is -0.974. The largest absolute Gasteiger partial charge is 0.594 e. The fraction of sp³-hybridized carbons (Fsp3) is 0.300. The Labute approximate surface area is 91.7 Å². The molecule has 0 atom stereocenters. The molecule has 0 saturated carbocycles. The molecule has 0 radical (unpaired) electrons.